The third-order valence-corrected chi connectivity index (χ3v) is 10.7. The van der Waals surface area contributed by atoms with Crippen molar-refractivity contribution in [1.82, 2.24) is 0 Å². The van der Waals surface area contributed by atoms with Crippen molar-refractivity contribution in [2.75, 3.05) is 13.2 Å². The van der Waals surface area contributed by atoms with Crippen LogP contribution < -0.4 is 0 Å². The molecule has 1 unspecified atom stereocenters. The summed E-state index contributed by atoms with van der Waals surface area (Å²) in [7, 11) is 0. The lowest BCUT2D eigenvalue weighted by Crippen LogP contribution is -2.30. The molecule has 0 heterocycles. The third-order valence-electron chi connectivity index (χ3n) is 10.7. The molecule has 0 N–H and O–H groups in total. The average Bonchev–Trinajstić information content (AvgIpc) is 3.26. The highest BCUT2D eigenvalue weighted by molar-refractivity contribution is 5.71. The van der Waals surface area contributed by atoms with Gasteiger partial charge in [-0.2, -0.15) is 0 Å². The second kappa shape index (κ2) is 49.5. The van der Waals surface area contributed by atoms with Crippen molar-refractivity contribution in [2.24, 2.45) is 0 Å². The molecule has 0 spiro atoms. The van der Waals surface area contributed by atoms with Gasteiger partial charge in [-0.3, -0.25) is 14.4 Å². The van der Waals surface area contributed by atoms with Gasteiger partial charge in [0.25, 0.3) is 0 Å². The molecule has 0 rings (SSSR count). The number of carbonyl (C=O) groups excluding carboxylic acids is 3. The molecule has 0 aromatic carbocycles. The molecule has 0 aliphatic carbocycles. The maximum atomic E-state index is 12.7. The van der Waals surface area contributed by atoms with Crippen LogP contribution in [0.1, 0.15) is 239 Å². The van der Waals surface area contributed by atoms with Crippen molar-refractivity contribution < 1.29 is 28.6 Å². The molecule has 0 aliphatic rings. The van der Waals surface area contributed by atoms with E-state index in [1.54, 1.807) is 0 Å². The van der Waals surface area contributed by atoms with E-state index in [9.17, 15) is 14.4 Å². The molecule has 6 heteroatoms. The predicted octanol–water partition coefficient (Wildman–Crippen LogP) is 16.6. The maximum Gasteiger partial charge on any atom is 0.306 e. The highest BCUT2D eigenvalue weighted by atomic mass is 16.6. The normalized spacial score (nSPS) is 12.6. The van der Waals surface area contributed by atoms with E-state index in [0.29, 0.717) is 19.3 Å². The lowest BCUT2D eigenvalue weighted by atomic mass is 10.0. The minimum Gasteiger partial charge on any atom is -0.462 e. The zero-order chi connectivity index (χ0) is 44.4. The summed E-state index contributed by atoms with van der Waals surface area (Å²) < 4.78 is 16.6. The van der Waals surface area contributed by atoms with Crippen LogP contribution in [0.15, 0.2) is 72.9 Å². The Morgan fingerprint density at radius 2 is 0.639 bits per heavy atom. The first kappa shape index (κ1) is 57.9. The van der Waals surface area contributed by atoms with Crippen LogP contribution in [0.4, 0.5) is 0 Å². The monoisotopic (exact) mass is 851 g/mol. The molecular weight excluding hydrogens is 757 g/mol. The van der Waals surface area contributed by atoms with Crippen LogP contribution >= 0.6 is 0 Å². The first-order valence-electron chi connectivity index (χ1n) is 25.4. The van der Waals surface area contributed by atoms with Gasteiger partial charge >= 0.3 is 17.9 Å². The summed E-state index contributed by atoms with van der Waals surface area (Å²) in [6.45, 7) is 6.38. The molecule has 61 heavy (non-hydrogen) atoms. The molecule has 1 atom stereocenters. The van der Waals surface area contributed by atoms with Crippen LogP contribution in [0.2, 0.25) is 0 Å². The number of unbranched alkanes of at least 4 members (excludes halogenated alkanes) is 22. The number of rotatable bonds is 45. The molecule has 350 valence electrons. The van der Waals surface area contributed by atoms with E-state index < -0.39 is 6.10 Å². The standard InChI is InChI=1S/C55H94O6/c1-4-7-10-13-15-17-19-21-23-25-27-29-31-33-35-37-39-42-45-48-54(57)60-51-52(50-59-53(56)47-44-41-12-9-6-3)61-55(58)49-46-43-40-38-36-34-32-30-28-26-24-22-20-18-16-14-11-8-5-2/h7,10,15,17,21,23,27,29,33,35,39,42,52H,4-6,8-9,11-14,16,18-20,22,24-26,28,30-32,34,36-38,40-41,43-51H2,1-3H3/b10-7-,17-15-,23-21-,29-27-,35-33-,42-39-. The molecule has 0 fully saturated rings. The Hall–Kier alpha value is -3.15. The van der Waals surface area contributed by atoms with Gasteiger partial charge in [0.05, 0.1) is 0 Å². The van der Waals surface area contributed by atoms with E-state index in [4.69, 9.17) is 14.2 Å². The first-order chi connectivity index (χ1) is 30.0. The van der Waals surface area contributed by atoms with Gasteiger partial charge in [-0.25, -0.2) is 0 Å². The number of hydrogen-bond acceptors (Lipinski definition) is 6. The molecule has 0 aromatic heterocycles. The molecule has 0 radical (unpaired) electrons. The summed E-state index contributed by atoms with van der Waals surface area (Å²) in [5, 5.41) is 0. The molecule has 0 aliphatic heterocycles. The molecular formula is C55H94O6. The number of hydrogen-bond donors (Lipinski definition) is 0. The van der Waals surface area contributed by atoms with Crippen LogP contribution in [-0.4, -0.2) is 37.2 Å². The van der Waals surface area contributed by atoms with Crippen LogP contribution in [-0.2, 0) is 28.6 Å². The Kier molecular flexibility index (Phi) is 46.9. The summed E-state index contributed by atoms with van der Waals surface area (Å²) in [4.78, 5) is 37.6. The van der Waals surface area contributed by atoms with Crippen molar-refractivity contribution in [3.63, 3.8) is 0 Å². The van der Waals surface area contributed by atoms with E-state index in [1.165, 1.54) is 103 Å². The average molecular weight is 851 g/mol. The summed E-state index contributed by atoms with van der Waals surface area (Å²) >= 11 is 0. The molecule has 0 bridgehead atoms. The van der Waals surface area contributed by atoms with Gasteiger partial charge in [0.15, 0.2) is 6.10 Å². The summed E-state index contributed by atoms with van der Waals surface area (Å²) in [5.41, 5.74) is 0. The molecule has 6 nitrogen and oxygen atoms in total. The van der Waals surface area contributed by atoms with Gasteiger partial charge in [-0.05, 0) is 57.8 Å². The van der Waals surface area contributed by atoms with Gasteiger partial charge in [0.1, 0.15) is 13.2 Å². The number of carbonyl (C=O) groups is 3. The largest absolute Gasteiger partial charge is 0.462 e. The minimum atomic E-state index is -0.799. The van der Waals surface area contributed by atoms with Gasteiger partial charge in [-0.15, -0.1) is 0 Å². The molecule has 0 saturated carbocycles. The van der Waals surface area contributed by atoms with E-state index in [0.717, 1.165) is 89.9 Å². The van der Waals surface area contributed by atoms with Crippen molar-refractivity contribution in [3.8, 4) is 0 Å². The molecule has 0 aromatic rings. The number of esters is 3. The molecule has 0 saturated heterocycles. The van der Waals surface area contributed by atoms with Crippen LogP contribution in [0, 0.1) is 0 Å². The highest BCUT2D eigenvalue weighted by Crippen LogP contribution is 2.15. The van der Waals surface area contributed by atoms with E-state index >= 15 is 0 Å². The first-order valence-corrected chi connectivity index (χ1v) is 25.4. The Balaban J connectivity index is 4.27. The SMILES string of the molecule is CC/C=C\C/C=C\C/C=C\C/C=C\C/C=C\C/C=C\CCC(=O)OCC(COC(=O)CCCCCCC)OC(=O)CCCCCCCCCCCCCCCCCCCCC. The number of ether oxygens (including phenoxy) is 3. The van der Waals surface area contributed by atoms with Crippen molar-refractivity contribution >= 4 is 17.9 Å². The van der Waals surface area contributed by atoms with Crippen molar-refractivity contribution in [1.29, 1.82) is 0 Å². The lowest BCUT2D eigenvalue weighted by Gasteiger charge is -2.18. The zero-order valence-corrected chi connectivity index (χ0v) is 39.9. The zero-order valence-electron chi connectivity index (χ0n) is 39.9. The second-order valence-electron chi connectivity index (χ2n) is 16.7. The van der Waals surface area contributed by atoms with Crippen molar-refractivity contribution in [2.45, 2.75) is 245 Å². The Labute approximate surface area is 376 Å². The van der Waals surface area contributed by atoms with Gasteiger partial charge in [0.2, 0.25) is 0 Å². The number of allylic oxidation sites excluding steroid dienone is 12. The quantitative estimate of drug-likeness (QED) is 0.0263. The maximum absolute atomic E-state index is 12.7. The highest BCUT2D eigenvalue weighted by Gasteiger charge is 2.19. The fourth-order valence-corrected chi connectivity index (χ4v) is 6.94. The Bertz CT molecular complexity index is 1160. The summed E-state index contributed by atoms with van der Waals surface area (Å²) in [5.74, 6) is -0.997. The molecule has 0 amide bonds. The van der Waals surface area contributed by atoms with Crippen LogP contribution in [0.25, 0.3) is 0 Å². The van der Waals surface area contributed by atoms with Gasteiger partial charge in [0, 0.05) is 19.3 Å². The van der Waals surface area contributed by atoms with Crippen LogP contribution in [0.3, 0.4) is 0 Å². The van der Waals surface area contributed by atoms with Crippen LogP contribution in [0.5, 0.6) is 0 Å². The smallest absolute Gasteiger partial charge is 0.306 e. The third kappa shape index (κ3) is 47.7. The van der Waals surface area contributed by atoms with Gasteiger partial charge in [-0.1, -0.05) is 235 Å². The predicted molar refractivity (Wildman–Crippen MR) is 261 cm³/mol. The van der Waals surface area contributed by atoms with E-state index in [-0.39, 0.29) is 37.5 Å². The summed E-state index contributed by atoms with van der Waals surface area (Å²) in [6.07, 6.45) is 62.3. The second-order valence-corrected chi connectivity index (χ2v) is 16.7. The van der Waals surface area contributed by atoms with Crippen molar-refractivity contribution in [3.05, 3.63) is 72.9 Å². The Morgan fingerprint density at radius 3 is 1.00 bits per heavy atom. The fourth-order valence-electron chi connectivity index (χ4n) is 6.94. The van der Waals surface area contributed by atoms with E-state index in [2.05, 4.69) is 87.6 Å². The minimum absolute atomic E-state index is 0.0981. The fraction of sp³-hybridized carbons (Fsp3) is 0.727. The summed E-state index contributed by atoms with van der Waals surface area (Å²) in [6, 6.07) is 0. The topological polar surface area (TPSA) is 78.9 Å². The van der Waals surface area contributed by atoms with Gasteiger partial charge < -0.3 is 14.2 Å². The lowest BCUT2D eigenvalue weighted by molar-refractivity contribution is -0.166. The Morgan fingerprint density at radius 1 is 0.344 bits per heavy atom. The van der Waals surface area contributed by atoms with E-state index in [1.807, 2.05) is 6.08 Å².